The Morgan fingerprint density at radius 3 is 2.54 bits per heavy atom. The van der Waals surface area contributed by atoms with Gasteiger partial charge < -0.3 is 28.5 Å². The SMILES string of the molecule is COC[C@H]1OC(=O)c2coc3c2[C@@]1(C)C1=C(C3=O)[C@@H]2CC[C@H](OC(=O)CC(=O)O)[C@@]2(C)C[C@H]1OC(C)=O. The molecule has 3 aliphatic carbocycles. The Morgan fingerprint density at radius 2 is 1.89 bits per heavy atom. The van der Waals surface area contributed by atoms with Crippen LogP contribution in [0.1, 0.15) is 72.9 Å². The second-order valence-electron chi connectivity index (χ2n) is 10.5. The average molecular weight is 516 g/mol. The molecule has 1 aliphatic heterocycles. The molecule has 0 amide bonds. The molecule has 2 heterocycles. The summed E-state index contributed by atoms with van der Waals surface area (Å²) in [4.78, 5) is 62.3. The van der Waals surface area contributed by atoms with E-state index in [-0.39, 0.29) is 24.4 Å². The first-order valence-corrected chi connectivity index (χ1v) is 12.1. The number of rotatable bonds is 6. The number of ketones is 1. The van der Waals surface area contributed by atoms with Gasteiger partial charge in [0.2, 0.25) is 5.78 Å². The third-order valence-corrected chi connectivity index (χ3v) is 8.46. The Morgan fingerprint density at radius 1 is 1.16 bits per heavy atom. The molecule has 0 unspecified atom stereocenters. The number of methoxy groups -OCH3 is 1. The highest BCUT2D eigenvalue weighted by Gasteiger charge is 2.65. The zero-order valence-electron chi connectivity index (χ0n) is 21.0. The maximum Gasteiger partial charge on any atom is 0.342 e. The van der Waals surface area contributed by atoms with Gasteiger partial charge in [-0.2, -0.15) is 0 Å². The number of fused-ring (bicyclic) bond motifs is 3. The molecule has 11 nitrogen and oxygen atoms in total. The van der Waals surface area contributed by atoms with Gasteiger partial charge in [0.05, 0.1) is 12.0 Å². The molecule has 1 saturated carbocycles. The van der Waals surface area contributed by atoms with Crippen molar-refractivity contribution in [3.8, 4) is 0 Å². The maximum atomic E-state index is 14.0. The van der Waals surface area contributed by atoms with Gasteiger partial charge in [0.1, 0.15) is 36.6 Å². The first-order chi connectivity index (χ1) is 17.4. The van der Waals surface area contributed by atoms with Crippen molar-refractivity contribution in [3.05, 3.63) is 34.3 Å². The summed E-state index contributed by atoms with van der Waals surface area (Å²) >= 11 is 0. The molecule has 5 rings (SSSR count). The van der Waals surface area contributed by atoms with Crippen LogP contribution in [0.25, 0.3) is 0 Å². The molecule has 1 N–H and O–H groups in total. The van der Waals surface area contributed by atoms with Gasteiger partial charge in [-0.15, -0.1) is 0 Å². The van der Waals surface area contributed by atoms with E-state index in [0.29, 0.717) is 29.6 Å². The summed E-state index contributed by atoms with van der Waals surface area (Å²) in [7, 11) is 1.47. The van der Waals surface area contributed by atoms with E-state index in [9.17, 15) is 24.0 Å². The minimum absolute atomic E-state index is 0.0292. The number of carboxylic acid groups (broad SMARTS) is 1. The van der Waals surface area contributed by atoms with Crippen LogP contribution in [0.15, 0.2) is 21.8 Å². The molecule has 0 radical (unpaired) electrons. The summed E-state index contributed by atoms with van der Waals surface area (Å²) < 4.78 is 28.2. The second-order valence-corrected chi connectivity index (χ2v) is 10.5. The minimum atomic E-state index is -1.30. The lowest BCUT2D eigenvalue weighted by molar-refractivity contribution is -0.163. The number of furan rings is 1. The van der Waals surface area contributed by atoms with Crippen LogP contribution in [0.3, 0.4) is 0 Å². The molecule has 198 valence electrons. The third-order valence-electron chi connectivity index (χ3n) is 8.46. The summed E-state index contributed by atoms with van der Waals surface area (Å²) in [5.41, 5.74) is -0.424. The average Bonchev–Trinajstić information content (AvgIpc) is 3.38. The Kier molecular flexibility index (Phi) is 5.82. The number of allylic oxidation sites excluding steroid dienone is 1. The van der Waals surface area contributed by atoms with E-state index in [1.807, 2.05) is 13.8 Å². The van der Waals surface area contributed by atoms with E-state index < -0.39 is 71.1 Å². The predicted molar refractivity (Wildman–Crippen MR) is 122 cm³/mol. The van der Waals surface area contributed by atoms with Crippen molar-refractivity contribution in [2.45, 2.75) is 70.2 Å². The summed E-state index contributed by atoms with van der Waals surface area (Å²) in [5, 5.41) is 8.99. The highest BCUT2D eigenvalue weighted by molar-refractivity contribution is 6.13. The molecule has 0 aromatic carbocycles. The first kappa shape index (κ1) is 25.2. The van der Waals surface area contributed by atoms with Crippen molar-refractivity contribution in [1.82, 2.24) is 0 Å². The molecule has 4 aliphatic rings. The summed E-state index contributed by atoms with van der Waals surface area (Å²) in [6.45, 7) is 4.99. The summed E-state index contributed by atoms with van der Waals surface area (Å²) in [5.74, 6) is -4.15. The molecule has 11 heteroatoms. The van der Waals surface area contributed by atoms with Crippen LogP contribution in [0.2, 0.25) is 0 Å². The first-order valence-electron chi connectivity index (χ1n) is 12.1. The molecule has 1 aromatic rings. The van der Waals surface area contributed by atoms with Gasteiger partial charge in [-0.25, -0.2) is 4.79 Å². The van der Waals surface area contributed by atoms with Crippen molar-refractivity contribution in [1.29, 1.82) is 0 Å². The Labute approximate surface area is 212 Å². The van der Waals surface area contributed by atoms with Gasteiger partial charge in [-0.3, -0.25) is 19.2 Å². The monoisotopic (exact) mass is 516 g/mol. The number of cyclic esters (lactones) is 1. The van der Waals surface area contributed by atoms with E-state index in [1.54, 1.807) is 0 Å². The lowest BCUT2D eigenvalue weighted by atomic mass is 9.54. The smallest absolute Gasteiger partial charge is 0.342 e. The molecular formula is C26H28O11. The number of carboxylic acids is 1. The van der Waals surface area contributed by atoms with Crippen LogP contribution in [0, 0.1) is 11.3 Å². The van der Waals surface area contributed by atoms with Crippen LogP contribution < -0.4 is 0 Å². The molecular weight excluding hydrogens is 488 g/mol. The number of hydrogen-bond acceptors (Lipinski definition) is 10. The van der Waals surface area contributed by atoms with Crippen molar-refractivity contribution in [2.75, 3.05) is 13.7 Å². The van der Waals surface area contributed by atoms with Gasteiger partial charge in [0.15, 0.2) is 5.76 Å². The lowest BCUT2D eigenvalue weighted by Gasteiger charge is -2.52. The number of Topliss-reactive ketones (excluding diaryl/α,β-unsaturated/α-hetero) is 1. The number of esters is 3. The zero-order chi connectivity index (χ0) is 26.9. The fraction of sp³-hybridized carbons (Fsp3) is 0.577. The summed E-state index contributed by atoms with van der Waals surface area (Å²) in [6.07, 6.45) is -0.869. The van der Waals surface area contributed by atoms with Crippen molar-refractivity contribution < 1.29 is 52.4 Å². The van der Waals surface area contributed by atoms with Crippen LogP contribution >= 0.6 is 0 Å². The van der Waals surface area contributed by atoms with Gasteiger partial charge in [0.25, 0.3) is 0 Å². The normalized spacial score (nSPS) is 33.7. The molecule has 0 saturated heterocycles. The molecule has 1 aromatic heterocycles. The van der Waals surface area contributed by atoms with Crippen LogP contribution in [0.5, 0.6) is 0 Å². The van der Waals surface area contributed by atoms with E-state index in [0.717, 1.165) is 0 Å². The largest absolute Gasteiger partial charge is 0.481 e. The number of aliphatic carboxylic acids is 1. The van der Waals surface area contributed by atoms with Gasteiger partial charge in [-0.1, -0.05) is 6.92 Å². The van der Waals surface area contributed by atoms with E-state index in [2.05, 4.69) is 0 Å². The maximum absolute atomic E-state index is 14.0. The Bertz CT molecular complexity index is 1260. The molecule has 37 heavy (non-hydrogen) atoms. The van der Waals surface area contributed by atoms with Crippen molar-refractivity contribution in [3.63, 3.8) is 0 Å². The fourth-order valence-corrected chi connectivity index (χ4v) is 6.97. The standard InChI is InChI=1S/C26H28O11/c1-11(27)35-14-8-25(2)13(5-6-15(25)36-18(30)7-17(28)29)19-21(14)26(3)16(10-33-4)37-24(32)12-9-34-23(20(12)26)22(19)31/h9,13-16H,5-8,10H2,1-4H3,(H,28,29)/t13-,14+,15-,16+,25-,26-/m0/s1. The van der Waals surface area contributed by atoms with Crippen molar-refractivity contribution in [2.24, 2.45) is 11.3 Å². The van der Waals surface area contributed by atoms with Gasteiger partial charge in [0, 0.05) is 30.6 Å². The quantitative estimate of drug-likeness (QED) is 0.336. The highest BCUT2D eigenvalue weighted by Crippen LogP contribution is 2.62. The second kappa shape index (κ2) is 8.54. The Balaban J connectivity index is 1.68. The molecule has 0 spiro atoms. The van der Waals surface area contributed by atoms with Crippen LogP contribution in [-0.4, -0.2) is 66.8 Å². The number of hydrogen-bond donors (Lipinski definition) is 1. The van der Waals surface area contributed by atoms with Crippen molar-refractivity contribution >= 4 is 29.7 Å². The number of carbonyl (C=O) groups is 5. The predicted octanol–water partition coefficient (Wildman–Crippen LogP) is 2.35. The molecule has 1 fully saturated rings. The summed E-state index contributed by atoms with van der Waals surface area (Å²) in [6, 6.07) is 0. The van der Waals surface area contributed by atoms with E-state index >= 15 is 0 Å². The molecule has 0 bridgehead atoms. The fourth-order valence-electron chi connectivity index (χ4n) is 6.97. The Hall–Kier alpha value is -3.47. The zero-order valence-corrected chi connectivity index (χ0v) is 21.0. The third kappa shape index (κ3) is 3.54. The van der Waals surface area contributed by atoms with Gasteiger partial charge in [-0.05, 0) is 37.7 Å². The van der Waals surface area contributed by atoms with E-state index in [4.69, 9.17) is 28.5 Å². The van der Waals surface area contributed by atoms with Crippen LogP contribution in [0.4, 0.5) is 0 Å². The van der Waals surface area contributed by atoms with E-state index in [1.165, 1.54) is 20.3 Å². The lowest BCUT2D eigenvalue weighted by Crippen LogP contribution is -2.57. The minimum Gasteiger partial charge on any atom is -0.481 e. The number of carbonyl (C=O) groups excluding carboxylic acids is 4. The van der Waals surface area contributed by atoms with Crippen LogP contribution in [-0.2, 0) is 38.7 Å². The number of ether oxygens (including phenoxy) is 4. The topological polar surface area (TPSA) is 156 Å². The van der Waals surface area contributed by atoms with Gasteiger partial charge >= 0.3 is 23.9 Å². The highest BCUT2D eigenvalue weighted by atomic mass is 16.6. The molecule has 6 atom stereocenters.